The van der Waals surface area contributed by atoms with E-state index in [0.717, 1.165) is 11.3 Å². The number of fused-ring (bicyclic) bond motifs is 1. The summed E-state index contributed by atoms with van der Waals surface area (Å²) in [5.41, 5.74) is 7.37. The summed E-state index contributed by atoms with van der Waals surface area (Å²) in [6.07, 6.45) is 0.987. The van der Waals surface area contributed by atoms with Gasteiger partial charge in [0.2, 0.25) is 5.91 Å². The largest absolute Gasteiger partial charge is 0.388 e. The zero-order chi connectivity index (χ0) is 14.2. The molecule has 0 unspecified atom stereocenters. The number of aryl methyl sites for hydroxylation is 1. The van der Waals surface area contributed by atoms with Crippen LogP contribution < -0.4 is 16.0 Å². The summed E-state index contributed by atoms with van der Waals surface area (Å²) < 4.78 is 0. The van der Waals surface area contributed by atoms with Crippen LogP contribution >= 0.6 is 0 Å². The van der Waals surface area contributed by atoms with Crippen molar-refractivity contribution in [1.29, 1.82) is 0 Å². The van der Waals surface area contributed by atoms with Gasteiger partial charge in [-0.05, 0) is 44.0 Å². The molecule has 0 saturated heterocycles. The third-order valence-electron chi connectivity index (χ3n) is 3.22. The Morgan fingerprint density at radius 2 is 2.05 bits per heavy atom. The molecule has 2 amide bonds. The topological polar surface area (TPSA) is 75.4 Å². The van der Waals surface area contributed by atoms with Crippen LogP contribution in [0.2, 0.25) is 0 Å². The van der Waals surface area contributed by atoms with Gasteiger partial charge in [-0.25, -0.2) is 4.90 Å². The van der Waals surface area contributed by atoms with Gasteiger partial charge in [-0.1, -0.05) is 0 Å². The van der Waals surface area contributed by atoms with E-state index in [9.17, 15) is 9.59 Å². The number of nitrogens with zero attached hydrogens (tertiary/aromatic N) is 1. The molecular weight excluding hydrogens is 242 g/mol. The Balaban J connectivity index is 2.47. The van der Waals surface area contributed by atoms with E-state index in [1.165, 1.54) is 4.90 Å². The van der Waals surface area contributed by atoms with Crippen molar-refractivity contribution >= 4 is 23.2 Å². The number of amides is 2. The highest BCUT2D eigenvalue weighted by Crippen LogP contribution is 2.31. The maximum absolute atomic E-state index is 12.3. The van der Waals surface area contributed by atoms with Crippen LogP contribution in [0.15, 0.2) is 18.2 Å². The Kier molecular flexibility index (Phi) is 3.32. The lowest BCUT2D eigenvalue weighted by molar-refractivity contribution is -0.129. The quantitative estimate of drug-likeness (QED) is 0.840. The van der Waals surface area contributed by atoms with Crippen LogP contribution in [0.25, 0.3) is 0 Å². The average molecular weight is 261 g/mol. The zero-order valence-electron chi connectivity index (χ0n) is 11.5. The number of hydrogen-bond donors (Lipinski definition) is 2. The van der Waals surface area contributed by atoms with Gasteiger partial charge in [0.1, 0.15) is 0 Å². The lowest BCUT2D eigenvalue weighted by Gasteiger charge is -2.32. The monoisotopic (exact) mass is 261 g/mol. The van der Waals surface area contributed by atoms with Crippen LogP contribution in [0, 0.1) is 0 Å². The molecule has 0 bridgehead atoms. The van der Waals surface area contributed by atoms with Crippen molar-refractivity contribution < 1.29 is 9.59 Å². The number of rotatable bonds is 2. The van der Waals surface area contributed by atoms with E-state index in [-0.39, 0.29) is 11.8 Å². The molecule has 5 nitrogen and oxygen atoms in total. The maximum atomic E-state index is 12.3. The normalized spacial score (nSPS) is 15.2. The summed E-state index contributed by atoms with van der Waals surface area (Å²) in [7, 11) is 1.83. The molecule has 0 aliphatic carbocycles. The maximum Gasteiger partial charge on any atom is 0.253 e. The van der Waals surface area contributed by atoms with Crippen molar-refractivity contribution in [3.05, 3.63) is 23.8 Å². The first-order valence-corrected chi connectivity index (χ1v) is 6.31. The number of anilines is 2. The number of hydrogen-bond acceptors (Lipinski definition) is 4. The smallest absolute Gasteiger partial charge is 0.253 e. The molecule has 0 spiro atoms. The Labute approximate surface area is 112 Å². The van der Waals surface area contributed by atoms with E-state index in [4.69, 9.17) is 5.73 Å². The minimum Gasteiger partial charge on any atom is -0.388 e. The molecule has 0 radical (unpaired) electrons. The SMILES string of the molecule is CNc1ccc2c(c1)CCC(=O)N2C(=O)C(C)(C)N. The van der Waals surface area contributed by atoms with Crippen molar-refractivity contribution in [1.82, 2.24) is 0 Å². The fourth-order valence-electron chi connectivity index (χ4n) is 2.16. The molecule has 5 heteroatoms. The van der Waals surface area contributed by atoms with Crippen molar-refractivity contribution in [2.45, 2.75) is 32.2 Å². The minimum atomic E-state index is -1.06. The molecule has 0 atom stereocenters. The Morgan fingerprint density at radius 1 is 1.37 bits per heavy atom. The molecule has 2 rings (SSSR count). The zero-order valence-corrected chi connectivity index (χ0v) is 11.5. The fraction of sp³-hybridized carbons (Fsp3) is 0.429. The lowest BCUT2D eigenvalue weighted by atomic mass is 9.97. The highest BCUT2D eigenvalue weighted by atomic mass is 16.2. The number of carbonyl (C=O) groups excluding carboxylic acids is 2. The standard InChI is InChI=1S/C14H19N3O2/c1-14(2,15)13(19)17-11-6-5-10(16-3)8-9(11)4-7-12(17)18/h5-6,8,16H,4,7,15H2,1-3H3. The molecule has 0 saturated carbocycles. The lowest BCUT2D eigenvalue weighted by Crippen LogP contribution is -2.54. The van der Waals surface area contributed by atoms with E-state index < -0.39 is 5.54 Å². The minimum absolute atomic E-state index is 0.187. The van der Waals surface area contributed by atoms with Crippen LogP contribution in [-0.4, -0.2) is 24.4 Å². The van der Waals surface area contributed by atoms with Gasteiger partial charge in [-0.3, -0.25) is 9.59 Å². The van der Waals surface area contributed by atoms with Crippen LogP contribution in [0.4, 0.5) is 11.4 Å². The summed E-state index contributed by atoms with van der Waals surface area (Å²) in [5.74, 6) is -0.552. The first-order chi connectivity index (χ1) is 8.84. The highest BCUT2D eigenvalue weighted by molar-refractivity contribution is 6.19. The fourth-order valence-corrected chi connectivity index (χ4v) is 2.16. The predicted molar refractivity (Wildman–Crippen MR) is 75.1 cm³/mol. The second kappa shape index (κ2) is 4.66. The molecule has 1 aromatic rings. The Hall–Kier alpha value is -1.88. The highest BCUT2D eigenvalue weighted by Gasteiger charge is 2.36. The van der Waals surface area contributed by atoms with Gasteiger partial charge in [-0.15, -0.1) is 0 Å². The third kappa shape index (κ3) is 2.46. The molecule has 102 valence electrons. The van der Waals surface area contributed by atoms with Crippen LogP contribution in [0.5, 0.6) is 0 Å². The van der Waals surface area contributed by atoms with Gasteiger partial charge in [0, 0.05) is 19.2 Å². The summed E-state index contributed by atoms with van der Waals surface area (Å²) in [6, 6.07) is 5.61. The van der Waals surface area contributed by atoms with Gasteiger partial charge in [0.25, 0.3) is 5.91 Å². The summed E-state index contributed by atoms with van der Waals surface area (Å²) in [6.45, 7) is 3.22. The average Bonchev–Trinajstić information content (AvgIpc) is 2.36. The van der Waals surface area contributed by atoms with E-state index in [2.05, 4.69) is 5.32 Å². The number of benzene rings is 1. The van der Waals surface area contributed by atoms with Gasteiger partial charge in [-0.2, -0.15) is 0 Å². The number of nitrogens with one attached hydrogen (secondary N) is 1. The molecule has 1 aliphatic heterocycles. The molecule has 1 heterocycles. The molecular formula is C14H19N3O2. The molecule has 3 N–H and O–H groups in total. The summed E-state index contributed by atoms with van der Waals surface area (Å²) in [5, 5.41) is 3.05. The second-order valence-electron chi connectivity index (χ2n) is 5.35. The Morgan fingerprint density at radius 3 is 2.63 bits per heavy atom. The molecule has 0 aromatic heterocycles. The number of imide groups is 1. The first kappa shape index (κ1) is 13.5. The van der Waals surface area contributed by atoms with Crippen molar-refractivity contribution in [2.24, 2.45) is 5.73 Å². The van der Waals surface area contributed by atoms with Crippen LogP contribution in [0.1, 0.15) is 25.8 Å². The van der Waals surface area contributed by atoms with Crippen molar-refractivity contribution in [2.75, 3.05) is 17.3 Å². The van der Waals surface area contributed by atoms with Gasteiger partial charge >= 0.3 is 0 Å². The number of carbonyl (C=O) groups is 2. The van der Waals surface area contributed by atoms with E-state index in [0.29, 0.717) is 18.5 Å². The van der Waals surface area contributed by atoms with Gasteiger partial charge in [0.05, 0.1) is 11.2 Å². The van der Waals surface area contributed by atoms with Crippen molar-refractivity contribution in [3.63, 3.8) is 0 Å². The van der Waals surface area contributed by atoms with Gasteiger partial charge < -0.3 is 11.1 Å². The van der Waals surface area contributed by atoms with Crippen molar-refractivity contribution in [3.8, 4) is 0 Å². The van der Waals surface area contributed by atoms with E-state index in [1.807, 2.05) is 19.2 Å². The molecule has 1 aliphatic rings. The summed E-state index contributed by atoms with van der Waals surface area (Å²) in [4.78, 5) is 25.6. The van der Waals surface area contributed by atoms with E-state index in [1.54, 1.807) is 19.9 Å². The second-order valence-corrected chi connectivity index (χ2v) is 5.35. The number of nitrogens with two attached hydrogens (primary N) is 1. The van der Waals surface area contributed by atoms with Crippen LogP contribution in [-0.2, 0) is 16.0 Å². The van der Waals surface area contributed by atoms with Crippen LogP contribution in [0.3, 0.4) is 0 Å². The summed E-state index contributed by atoms with van der Waals surface area (Å²) >= 11 is 0. The molecule has 19 heavy (non-hydrogen) atoms. The predicted octanol–water partition coefficient (Wildman–Crippen LogP) is 1.27. The third-order valence-corrected chi connectivity index (χ3v) is 3.22. The van der Waals surface area contributed by atoms with E-state index >= 15 is 0 Å². The Bertz CT molecular complexity index is 532. The molecule has 0 fully saturated rings. The first-order valence-electron chi connectivity index (χ1n) is 6.31. The molecule has 1 aromatic carbocycles. The van der Waals surface area contributed by atoms with Gasteiger partial charge in [0.15, 0.2) is 0 Å².